The van der Waals surface area contributed by atoms with Gasteiger partial charge in [0.1, 0.15) is 5.82 Å². The second-order valence-corrected chi connectivity index (χ2v) is 5.85. The number of nitrogens with one attached hydrogen (secondary N) is 1. The van der Waals surface area contributed by atoms with Gasteiger partial charge in [-0.15, -0.1) is 0 Å². The van der Waals surface area contributed by atoms with Crippen molar-refractivity contribution in [2.24, 2.45) is 0 Å². The maximum atomic E-state index is 13.0. The second kappa shape index (κ2) is 7.45. The molecule has 0 aromatic heterocycles. The first-order valence-electron chi connectivity index (χ1n) is 8.12. The molecule has 0 aliphatic carbocycles. The number of carbonyl (C=O) groups is 1. The Balaban J connectivity index is 1.81. The molecule has 24 heavy (non-hydrogen) atoms. The SMILES string of the molecule is COCCN1CCCc2c(NC(=O)c3ccc(F)cc3)cccc21. The van der Waals surface area contributed by atoms with Crippen molar-refractivity contribution in [1.29, 1.82) is 0 Å². The molecule has 2 aromatic rings. The molecule has 0 saturated carbocycles. The minimum atomic E-state index is -0.350. The third-order valence-electron chi connectivity index (χ3n) is 4.27. The van der Waals surface area contributed by atoms with Crippen molar-refractivity contribution in [3.8, 4) is 0 Å². The molecule has 1 heterocycles. The predicted molar refractivity (Wildman–Crippen MR) is 93.2 cm³/mol. The summed E-state index contributed by atoms with van der Waals surface area (Å²) in [5.41, 5.74) is 3.57. The molecule has 1 aliphatic heterocycles. The number of anilines is 2. The first-order chi connectivity index (χ1) is 11.7. The summed E-state index contributed by atoms with van der Waals surface area (Å²) >= 11 is 0. The minimum absolute atomic E-state index is 0.225. The zero-order valence-electron chi connectivity index (χ0n) is 13.7. The van der Waals surface area contributed by atoms with Crippen LogP contribution in [0, 0.1) is 5.82 Å². The summed E-state index contributed by atoms with van der Waals surface area (Å²) in [6, 6.07) is 11.5. The Hall–Kier alpha value is -2.40. The van der Waals surface area contributed by atoms with Crippen LogP contribution >= 0.6 is 0 Å². The third-order valence-corrected chi connectivity index (χ3v) is 4.27. The van der Waals surface area contributed by atoms with E-state index in [1.807, 2.05) is 12.1 Å². The van der Waals surface area contributed by atoms with Gasteiger partial charge in [0.2, 0.25) is 0 Å². The van der Waals surface area contributed by atoms with E-state index in [1.54, 1.807) is 7.11 Å². The van der Waals surface area contributed by atoms with Crippen molar-refractivity contribution in [3.63, 3.8) is 0 Å². The van der Waals surface area contributed by atoms with E-state index in [-0.39, 0.29) is 11.7 Å². The van der Waals surface area contributed by atoms with Crippen molar-refractivity contribution >= 4 is 17.3 Å². The van der Waals surface area contributed by atoms with E-state index in [9.17, 15) is 9.18 Å². The second-order valence-electron chi connectivity index (χ2n) is 5.85. The molecule has 0 radical (unpaired) electrons. The number of hydrogen-bond donors (Lipinski definition) is 1. The third kappa shape index (κ3) is 3.57. The number of rotatable bonds is 5. The fourth-order valence-electron chi connectivity index (χ4n) is 3.05. The van der Waals surface area contributed by atoms with Crippen molar-refractivity contribution in [2.75, 3.05) is 37.0 Å². The summed E-state index contributed by atoms with van der Waals surface area (Å²) in [7, 11) is 1.70. The first-order valence-corrected chi connectivity index (χ1v) is 8.12. The van der Waals surface area contributed by atoms with E-state index in [0.717, 1.165) is 42.9 Å². The number of carbonyl (C=O) groups excluding carboxylic acids is 1. The number of hydrogen-bond acceptors (Lipinski definition) is 3. The van der Waals surface area contributed by atoms with E-state index >= 15 is 0 Å². The number of nitrogens with zero attached hydrogens (tertiary/aromatic N) is 1. The van der Waals surface area contributed by atoms with Crippen LogP contribution in [0.3, 0.4) is 0 Å². The molecule has 0 unspecified atom stereocenters. The standard InChI is InChI=1S/C19H21FN2O2/c1-24-13-12-22-11-3-4-16-17(5-2-6-18(16)22)21-19(23)14-7-9-15(20)10-8-14/h2,5-10H,3-4,11-13H2,1H3,(H,21,23). The lowest BCUT2D eigenvalue weighted by Crippen LogP contribution is -2.32. The molecule has 0 atom stereocenters. The average molecular weight is 328 g/mol. The van der Waals surface area contributed by atoms with Gasteiger partial charge in [-0.2, -0.15) is 0 Å². The maximum absolute atomic E-state index is 13.0. The van der Waals surface area contributed by atoms with Gasteiger partial charge in [0.25, 0.3) is 5.91 Å². The Morgan fingerprint density at radius 3 is 2.79 bits per heavy atom. The zero-order chi connectivity index (χ0) is 16.9. The largest absolute Gasteiger partial charge is 0.383 e. The topological polar surface area (TPSA) is 41.6 Å². The van der Waals surface area contributed by atoms with E-state index in [4.69, 9.17) is 4.74 Å². The molecular weight excluding hydrogens is 307 g/mol. The highest BCUT2D eigenvalue weighted by atomic mass is 19.1. The summed E-state index contributed by atoms with van der Waals surface area (Å²) < 4.78 is 18.2. The normalized spacial score (nSPS) is 13.5. The highest BCUT2D eigenvalue weighted by Gasteiger charge is 2.20. The molecule has 1 N–H and O–H groups in total. The van der Waals surface area contributed by atoms with Crippen molar-refractivity contribution in [3.05, 3.63) is 59.4 Å². The van der Waals surface area contributed by atoms with Crippen molar-refractivity contribution in [2.45, 2.75) is 12.8 Å². The number of fused-ring (bicyclic) bond motifs is 1. The lowest BCUT2D eigenvalue weighted by Gasteiger charge is -2.32. The lowest BCUT2D eigenvalue weighted by molar-refractivity contribution is 0.102. The van der Waals surface area contributed by atoms with Gasteiger partial charge < -0.3 is 15.0 Å². The molecule has 3 rings (SSSR count). The summed E-state index contributed by atoms with van der Waals surface area (Å²) in [6.45, 7) is 2.50. The smallest absolute Gasteiger partial charge is 0.255 e. The lowest BCUT2D eigenvalue weighted by atomic mass is 9.99. The Morgan fingerprint density at radius 1 is 1.25 bits per heavy atom. The first kappa shape index (κ1) is 16.5. The van der Waals surface area contributed by atoms with Gasteiger partial charge in [0.05, 0.1) is 6.61 Å². The summed E-state index contributed by atoms with van der Waals surface area (Å²) in [6.07, 6.45) is 1.97. The summed E-state index contributed by atoms with van der Waals surface area (Å²) in [5, 5.41) is 2.96. The summed E-state index contributed by atoms with van der Waals surface area (Å²) in [5.74, 6) is -0.574. The quantitative estimate of drug-likeness (QED) is 0.914. The molecule has 1 amide bonds. The van der Waals surface area contributed by atoms with Crippen LogP contribution < -0.4 is 10.2 Å². The minimum Gasteiger partial charge on any atom is -0.383 e. The number of ether oxygens (including phenoxy) is 1. The number of benzene rings is 2. The fraction of sp³-hybridized carbons (Fsp3) is 0.316. The molecule has 0 saturated heterocycles. The van der Waals surface area contributed by atoms with Crippen molar-refractivity contribution in [1.82, 2.24) is 0 Å². The van der Waals surface area contributed by atoms with Crippen LogP contribution in [0.1, 0.15) is 22.3 Å². The Kier molecular flexibility index (Phi) is 5.11. The number of halogens is 1. The molecule has 2 aromatic carbocycles. The van der Waals surface area contributed by atoms with Crippen LogP contribution in [0.15, 0.2) is 42.5 Å². The predicted octanol–water partition coefficient (Wildman–Crippen LogP) is 3.48. The molecule has 0 spiro atoms. The molecule has 0 bridgehead atoms. The Bertz CT molecular complexity index is 716. The van der Waals surface area contributed by atoms with E-state index in [1.165, 1.54) is 24.3 Å². The molecule has 0 fully saturated rings. The molecule has 1 aliphatic rings. The highest BCUT2D eigenvalue weighted by molar-refractivity contribution is 6.05. The van der Waals surface area contributed by atoms with Crippen LogP contribution in [0.25, 0.3) is 0 Å². The van der Waals surface area contributed by atoms with Crippen LogP contribution in [0.5, 0.6) is 0 Å². The van der Waals surface area contributed by atoms with Gasteiger partial charge >= 0.3 is 0 Å². The van der Waals surface area contributed by atoms with Gasteiger partial charge in [0, 0.05) is 37.1 Å². The van der Waals surface area contributed by atoms with E-state index in [2.05, 4.69) is 16.3 Å². The number of amides is 1. The Labute approximate surface area is 141 Å². The van der Waals surface area contributed by atoms with Crippen molar-refractivity contribution < 1.29 is 13.9 Å². The highest BCUT2D eigenvalue weighted by Crippen LogP contribution is 2.32. The average Bonchev–Trinajstić information content (AvgIpc) is 2.60. The Morgan fingerprint density at radius 2 is 2.04 bits per heavy atom. The number of methoxy groups -OCH3 is 1. The van der Waals surface area contributed by atoms with Gasteiger partial charge in [-0.3, -0.25) is 4.79 Å². The molecule has 5 heteroatoms. The molecule has 126 valence electrons. The molecular formula is C19H21FN2O2. The van der Waals surface area contributed by atoms with E-state index < -0.39 is 0 Å². The maximum Gasteiger partial charge on any atom is 0.255 e. The van der Waals surface area contributed by atoms with Crippen LogP contribution in [-0.2, 0) is 11.2 Å². The van der Waals surface area contributed by atoms with Gasteiger partial charge in [-0.1, -0.05) is 6.07 Å². The summed E-state index contributed by atoms with van der Waals surface area (Å²) in [4.78, 5) is 14.7. The molecule has 4 nitrogen and oxygen atoms in total. The van der Waals surface area contributed by atoms with Gasteiger partial charge in [-0.25, -0.2) is 4.39 Å². The van der Waals surface area contributed by atoms with Crippen LogP contribution in [0.4, 0.5) is 15.8 Å². The fourth-order valence-corrected chi connectivity index (χ4v) is 3.05. The van der Waals surface area contributed by atoms with Crippen LogP contribution in [-0.4, -0.2) is 32.7 Å². The van der Waals surface area contributed by atoms with Gasteiger partial charge in [0.15, 0.2) is 0 Å². The monoisotopic (exact) mass is 328 g/mol. The zero-order valence-corrected chi connectivity index (χ0v) is 13.7. The van der Waals surface area contributed by atoms with Gasteiger partial charge in [-0.05, 0) is 54.8 Å². The van der Waals surface area contributed by atoms with E-state index in [0.29, 0.717) is 12.2 Å². The van der Waals surface area contributed by atoms with Crippen LogP contribution in [0.2, 0.25) is 0 Å².